The van der Waals surface area contributed by atoms with Crippen LogP contribution in [0.3, 0.4) is 0 Å². The quantitative estimate of drug-likeness (QED) is 0.154. The van der Waals surface area contributed by atoms with Crippen LogP contribution in [0.15, 0.2) is 237 Å². The third-order valence-electron chi connectivity index (χ3n) is 15.9. The number of nitrogens with zero attached hydrogens (tertiary/aromatic N) is 1. The molecule has 1 nitrogen and oxygen atoms in total. The highest BCUT2D eigenvalue weighted by Gasteiger charge is 2.52. The van der Waals surface area contributed by atoms with Crippen LogP contribution in [-0.4, -0.2) is 0 Å². The number of benzene rings is 9. The Kier molecular flexibility index (Phi) is 8.89. The van der Waals surface area contributed by atoms with Crippen molar-refractivity contribution >= 4 is 17.5 Å². The second-order valence-electron chi connectivity index (χ2n) is 19.9. The van der Waals surface area contributed by atoms with Crippen molar-refractivity contribution in [3.63, 3.8) is 0 Å². The number of anilines is 2. The number of allylic oxidation sites excluding steroid dienone is 3. The minimum absolute atomic E-state index is 0.0780. The molecule has 9 aromatic rings. The molecule has 0 saturated heterocycles. The number of hydrogen-bond donors (Lipinski definition) is 0. The lowest BCUT2D eigenvalue weighted by atomic mass is 9.70. The lowest BCUT2D eigenvalue weighted by Gasteiger charge is -2.34. The molecule has 9 aromatic carbocycles. The molecular formula is C67H51N. The Hall–Kier alpha value is -8.00. The fourth-order valence-corrected chi connectivity index (χ4v) is 12.3. The molecule has 1 spiro atoms. The van der Waals surface area contributed by atoms with E-state index in [0.717, 1.165) is 17.7 Å². The van der Waals surface area contributed by atoms with Gasteiger partial charge in [-0.2, -0.15) is 0 Å². The first-order valence-corrected chi connectivity index (χ1v) is 24.1. The molecule has 0 aromatic heterocycles. The molecule has 0 radical (unpaired) electrons. The molecule has 0 amide bonds. The highest BCUT2D eigenvalue weighted by atomic mass is 15.1. The van der Waals surface area contributed by atoms with Crippen molar-refractivity contribution in [3.05, 3.63) is 281 Å². The molecular weight excluding hydrogens is 819 g/mol. The van der Waals surface area contributed by atoms with Crippen LogP contribution in [-0.2, 0) is 16.2 Å². The van der Waals surface area contributed by atoms with Crippen LogP contribution in [0.4, 0.5) is 11.4 Å². The first-order chi connectivity index (χ1) is 33.3. The molecule has 324 valence electrons. The summed E-state index contributed by atoms with van der Waals surface area (Å²) < 4.78 is 0. The number of fused-ring (bicyclic) bond motifs is 13. The SMILES string of the molecule is C=Cc1ccc(-c2ccc3c(c2)C2(c4ccccc4-3)c3ccccc3-c3ccc(-c4ccc(N(C5=CCC(C)(c6ccccc6)C=C5)c5ccc6c(c5)C(C)(C)c5ccccc5-6)cc4)cc32)cc1. The van der Waals surface area contributed by atoms with E-state index < -0.39 is 5.41 Å². The van der Waals surface area contributed by atoms with Crippen LogP contribution in [0.25, 0.3) is 61.7 Å². The molecule has 0 aliphatic heterocycles. The van der Waals surface area contributed by atoms with Crippen LogP contribution >= 0.6 is 0 Å². The minimum atomic E-state index is -0.462. The van der Waals surface area contributed by atoms with E-state index in [1.54, 1.807) is 0 Å². The fourth-order valence-electron chi connectivity index (χ4n) is 12.3. The Balaban J connectivity index is 0.930. The van der Waals surface area contributed by atoms with Gasteiger partial charge in [-0.25, -0.2) is 0 Å². The smallest absolute Gasteiger partial charge is 0.0725 e. The van der Waals surface area contributed by atoms with Crippen molar-refractivity contribution in [1.82, 2.24) is 0 Å². The highest BCUT2D eigenvalue weighted by molar-refractivity contribution is 5.97. The Morgan fingerprint density at radius 3 is 1.47 bits per heavy atom. The molecule has 13 rings (SSSR count). The topological polar surface area (TPSA) is 3.24 Å². The van der Waals surface area contributed by atoms with Gasteiger partial charge < -0.3 is 4.90 Å². The summed E-state index contributed by atoms with van der Waals surface area (Å²) >= 11 is 0. The van der Waals surface area contributed by atoms with Gasteiger partial charge in [0.2, 0.25) is 0 Å². The summed E-state index contributed by atoms with van der Waals surface area (Å²) in [6.45, 7) is 11.1. The van der Waals surface area contributed by atoms with Crippen LogP contribution in [0.2, 0.25) is 0 Å². The molecule has 0 heterocycles. The fraction of sp³-hybridized carbons (Fsp3) is 0.104. The van der Waals surface area contributed by atoms with Crippen LogP contribution in [0.1, 0.15) is 71.7 Å². The van der Waals surface area contributed by atoms with E-state index in [0.29, 0.717) is 0 Å². The molecule has 2 atom stereocenters. The predicted octanol–water partition coefficient (Wildman–Crippen LogP) is 17.3. The number of rotatable bonds is 7. The van der Waals surface area contributed by atoms with Gasteiger partial charge in [0.05, 0.1) is 5.41 Å². The van der Waals surface area contributed by atoms with Crippen LogP contribution in [0, 0.1) is 0 Å². The van der Waals surface area contributed by atoms with E-state index in [-0.39, 0.29) is 10.8 Å². The number of hydrogen-bond acceptors (Lipinski definition) is 1. The Morgan fingerprint density at radius 2 is 0.897 bits per heavy atom. The van der Waals surface area contributed by atoms with Gasteiger partial charge in [-0.3, -0.25) is 0 Å². The normalized spacial score (nSPS) is 18.5. The standard InChI is InChI=1S/C67H51N/c1-5-44-23-25-45(26-24-44)47-29-34-57-54-18-10-13-21-60(54)67(63(57)41-47)61-22-14-11-19-55(61)58-35-30-48(42-64(58)67)46-27-31-50(32-28-46)68(51-37-39-66(4,40-38-51)49-15-7-6-8-16-49)52-33-36-56-53-17-9-12-20-59(53)65(2,3)62(56)43-52/h5-39,41-43H,1,40H2,2-4H3. The predicted molar refractivity (Wildman–Crippen MR) is 285 cm³/mol. The summed E-state index contributed by atoms with van der Waals surface area (Å²) in [5, 5.41) is 0. The molecule has 68 heavy (non-hydrogen) atoms. The summed E-state index contributed by atoms with van der Waals surface area (Å²) in [5.74, 6) is 0. The van der Waals surface area contributed by atoms with E-state index in [1.807, 2.05) is 6.08 Å². The zero-order valence-corrected chi connectivity index (χ0v) is 38.8. The molecule has 1 heteroatoms. The highest BCUT2D eigenvalue weighted by Crippen LogP contribution is 2.63. The van der Waals surface area contributed by atoms with E-state index in [2.05, 4.69) is 257 Å². The van der Waals surface area contributed by atoms with Gasteiger partial charge in [0.1, 0.15) is 0 Å². The minimum Gasteiger partial charge on any atom is -0.311 e. The van der Waals surface area contributed by atoms with Gasteiger partial charge in [-0.05, 0) is 149 Å². The van der Waals surface area contributed by atoms with Crippen molar-refractivity contribution in [3.8, 4) is 55.6 Å². The summed E-state index contributed by atoms with van der Waals surface area (Å²) in [4.78, 5) is 2.47. The van der Waals surface area contributed by atoms with Crippen LogP contribution in [0.5, 0.6) is 0 Å². The molecule has 0 saturated carbocycles. The van der Waals surface area contributed by atoms with Gasteiger partial charge in [0, 0.05) is 27.9 Å². The van der Waals surface area contributed by atoms with E-state index in [1.165, 1.54) is 106 Å². The lowest BCUT2D eigenvalue weighted by Crippen LogP contribution is -2.26. The van der Waals surface area contributed by atoms with Gasteiger partial charge in [-0.1, -0.05) is 215 Å². The lowest BCUT2D eigenvalue weighted by molar-refractivity contribution is 0.595. The van der Waals surface area contributed by atoms with Crippen molar-refractivity contribution < 1.29 is 0 Å². The van der Waals surface area contributed by atoms with Crippen molar-refractivity contribution in [2.45, 2.75) is 43.4 Å². The first kappa shape index (κ1) is 40.3. The second-order valence-corrected chi connectivity index (χ2v) is 19.9. The molecule has 2 unspecified atom stereocenters. The molecule has 0 fully saturated rings. The van der Waals surface area contributed by atoms with Gasteiger partial charge in [-0.15, -0.1) is 0 Å². The summed E-state index contributed by atoms with van der Waals surface area (Å²) in [7, 11) is 0. The Labute approximate surface area is 400 Å². The van der Waals surface area contributed by atoms with Crippen LogP contribution < -0.4 is 4.90 Å². The average Bonchev–Trinajstić information content (AvgIpc) is 3.95. The van der Waals surface area contributed by atoms with Gasteiger partial charge in [0.25, 0.3) is 0 Å². The monoisotopic (exact) mass is 869 g/mol. The largest absolute Gasteiger partial charge is 0.311 e. The Morgan fingerprint density at radius 1 is 0.426 bits per heavy atom. The molecule has 0 bridgehead atoms. The molecule has 0 N–H and O–H groups in total. The summed E-state index contributed by atoms with van der Waals surface area (Å²) in [6, 6.07) is 77.5. The van der Waals surface area contributed by atoms with Crippen molar-refractivity contribution in [2.75, 3.05) is 4.90 Å². The maximum absolute atomic E-state index is 3.99. The van der Waals surface area contributed by atoms with E-state index in [9.17, 15) is 0 Å². The van der Waals surface area contributed by atoms with Gasteiger partial charge >= 0.3 is 0 Å². The average molecular weight is 870 g/mol. The van der Waals surface area contributed by atoms with E-state index >= 15 is 0 Å². The maximum atomic E-state index is 3.99. The Bertz CT molecular complexity index is 3570. The summed E-state index contributed by atoms with van der Waals surface area (Å²) in [6.07, 6.45) is 10.0. The summed E-state index contributed by atoms with van der Waals surface area (Å²) in [5.41, 5.74) is 26.2. The third-order valence-corrected chi connectivity index (χ3v) is 15.9. The van der Waals surface area contributed by atoms with Gasteiger partial charge in [0.15, 0.2) is 0 Å². The molecule has 4 aliphatic carbocycles. The second kappa shape index (κ2) is 15.0. The third kappa shape index (κ3) is 5.82. The first-order valence-electron chi connectivity index (χ1n) is 24.1. The zero-order chi connectivity index (χ0) is 45.8. The van der Waals surface area contributed by atoms with Crippen molar-refractivity contribution in [1.29, 1.82) is 0 Å². The van der Waals surface area contributed by atoms with Crippen molar-refractivity contribution in [2.24, 2.45) is 0 Å². The zero-order valence-electron chi connectivity index (χ0n) is 38.8. The maximum Gasteiger partial charge on any atom is 0.0725 e. The molecule has 4 aliphatic rings. The van der Waals surface area contributed by atoms with E-state index in [4.69, 9.17) is 0 Å².